The Labute approximate surface area is 63.1 Å². The monoisotopic (exact) mass is 163 g/mol. The third-order valence-corrected chi connectivity index (χ3v) is 4.28. The standard InChI is InChI=1S/C4H9NO2P.Al.2H/c1-8(6)5-3-2-4-7-8;;;/h3H,2,4H2,1H3,(H,5,6);;;. The van der Waals surface area contributed by atoms with E-state index in [0.717, 1.165) is 22.7 Å². The summed E-state index contributed by atoms with van der Waals surface area (Å²) in [6.45, 7) is 2.30. The molecule has 1 fully saturated rings. The van der Waals surface area contributed by atoms with Crippen LogP contribution in [0.3, 0.4) is 0 Å². The van der Waals surface area contributed by atoms with Gasteiger partial charge in [0.15, 0.2) is 0 Å². The van der Waals surface area contributed by atoms with Crippen molar-refractivity contribution in [3.05, 3.63) is 0 Å². The van der Waals surface area contributed by atoms with Gasteiger partial charge in [-0.1, -0.05) is 0 Å². The highest BCUT2D eigenvalue weighted by Crippen LogP contribution is 2.40. The van der Waals surface area contributed by atoms with Crippen molar-refractivity contribution in [2.24, 2.45) is 0 Å². The highest BCUT2D eigenvalue weighted by atomic mass is 31.2. The minimum absolute atomic E-state index is 0.481. The second-order valence-electron chi connectivity index (χ2n) is 2.50. The quantitative estimate of drug-likeness (QED) is 0.396. The molecule has 3 nitrogen and oxygen atoms in total. The van der Waals surface area contributed by atoms with Crippen molar-refractivity contribution >= 4 is 23.8 Å². The minimum Gasteiger partial charge on any atom is -0.318 e. The zero-order valence-corrected chi connectivity index (χ0v) is 8.65. The molecule has 0 aromatic rings. The highest BCUT2D eigenvalue weighted by molar-refractivity contribution is 7.56. The molecule has 1 aliphatic heterocycles. The fraction of sp³-hybridized carbons (Fsp3) is 1.00. The Balaban J connectivity index is 2.51. The van der Waals surface area contributed by atoms with Crippen molar-refractivity contribution in [1.82, 2.24) is 5.09 Å². The summed E-state index contributed by atoms with van der Waals surface area (Å²) in [6, 6.07) is 0. The Hall–Kier alpha value is 0.682. The molecule has 0 aromatic carbocycles. The van der Waals surface area contributed by atoms with Crippen LogP contribution in [0.1, 0.15) is 6.42 Å². The molecule has 0 radical (unpaired) electrons. The van der Waals surface area contributed by atoms with E-state index in [4.69, 9.17) is 4.52 Å². The van der Waals surface area contributed by atoms with E-state index in [1.807, 2.05) is 0 Å². The number of hydrogen-bond acceptors (Lipinski definition) is 2. The van der Waals surface area contributed by atoms with Gasteiger partial charge in [-0.25, -0.2) is 0 Å². The molecule has 1 aliphatic rings. The Kier molecular flexibility index (Phi) is 2.37. The summed E-state index contributed by atoms with van der Waals surface area (Å²) >= 11 is 1.06. The minimum atomic E-state index is -2.36. The topological polar surface area (TPSA) is 38.3 Å². The molecular formula is C4H11AlNO2P. The lowest BCUT2D eigenvalue weighted by Gasteiger charge is -2.26. The van der Waals surface area contributed by atoms with Gasteiger partial charge in [-0.3, -0.25) is 9.65 Å². The van der Waals surface area contributed by atoms with Crippen LogP contribution in [-0.4, -0.2) is 34.5 Å². The predicted molar refractivity (Wildman–Crippen MR) is 39.6 cm³/mol. The molecule has 1 heterocycles. The van der Waals surface area contributed by atoms with Gasteiger partial charge in [0, 0.05) is 6.66 Å². The maximum Gasteiger partial charge on any atom is 0.265 e. The molecule has 0 bridgehead atoms. The maximum absolute atomic E-state index is 11.1. The number of rotatable bonds is 0. The highest BCUT2D eigenvalue weighted by Gasteiger charge is 2.22. The second-order valence-corrected chi connectivity index (χ2v) is 6.10. The normalized spacial score (nSPS) is 44.8. The van der Waals surface area contributed by atoms with Gasteiger partial charge in [-0.2, -0.15) is 0 Å². The van der Waals surface area contributed by atoms with Crippen molar-refractivity contribution in [2.45, 2.75) is 11.3 Å². The molecule has 0 amide bonds. The molecule has 1 rings (SSSR count). The molecule has 0 aliphatic carbocycles. The Morgan fingerprint density at radius 3 is 2.89 bits per heavy atom. The van der Waals surface area contributed by atoms with Gasteiger partial charge in [0.2, 0.25) is 16.3 Å². The van der Waals surface area contributed by atoms with Crippen molar-refractivity contribution in [3.63, 3.8) is 0 Å². The van der Waals surface area contributed by atoms with E-state index in [0.29, 0.717) is 11.5 Å². The van der Waals surface area contributed by atoms with Gasteiger partial charge < -0.3 is 4.52 Å². The van der Waals surface area contributed by atoms with Gasteiger partial charge in [0.05, 0.1) is 6.61 Å². The molecule has 9 heavy (non-hydrogen) atoms. The van der Waals surface area contributed by atoms with Crippen LogP contribution in [0, 0.1) is 0 Å². The summed E-state index contributed by atoms with van der Waals surface area (Å²) in [5.41, 5.74) is 0. The van der Waals surface area contributed by atoms with Crippen LogP contribution in [0.15, 0.2) is 0 Å². The zero-order chi connectivity index (χ0) is 6.91. The van der Waals surface area contributed by atoms with Gasteiger partial charge in [-0.05, 0) is 11.3 Å². The molecule has 0 saturated carbocycles. The lowest BCUT2D eigenvalue weighted by Crippen LogP contribution is -2.32. The summed E-state index contributed by atoms with van der Waals surface area (Å²) in [7, 11) is -2.36. The molecule has 1 N–H and O–H groups in total. The van der Waals surface area contributed by atoms with Gasteiger partial charge >= 0.3 is 0 Å². The van der Waals surface area contributed by atoms with Crippen molar-refractivity contribution in [3.8, 4) is 0 Å². The molecule has 0 spiro atoms. The van der Waals surface area contributed by atoms with E-state index in [-0.39, 0.29) is 0 Å². The molecule has 52 valence electrons. The average Bonchev–Trinajstić information content (AvgIpc) is 1.60. The maximum atomic E-state index is 11.1. The van der Waals surface area contributed by atoms with Crippen LogP contribution in [0.25, 0.3) is 0 Å². The molecule has 5 heteroatoms. The summed E-state index contributed by atoms with van der Waals surface area (Å²) in [6.07, 6.45) is 1.02. The smallest absolute Gasteiger partial charge is 0.265 e. The number of nitrogens with one attached hydrogen (secondary N) is 1. The van der Waals surface area contributed by atoms with Crippen molar-refractivity contribution in [2.75, 3.05) is 13.3 Å². The van der Waals surface area contributed by atoms with E-state index in [1.54, 1.807) is 6.66 Å². The van der Waals surface area contributed by atoms with E-state index < -0.39 is 7.52 Å². The fourth-order valence-electron chi connectivity index (χ4n) is 0.906. The molecule has 0 aromatic heterocycles. The first-order valence-electron chi connectivity index (χ1n) is 3.10. The first-order chi connectivity index (χ1) is 4.10. The third-order valence-electron chi connectivity index (χ3n) is 1.34. The van der Waals surface area contributed by atoms with Crippen LogP contribution < -0.4 is 5.09 Å². The van der Waals surface area contributed by atoms with Crippen LogP contribution >= 0.6 is 7.52 Å². The first-order valence-corrected chi connectivity index (χ1v) is 6.33. The molecule has 1 saturated heterocycles. The Bertz CT molecular complexity index is 152. The SMILES string of the molecule is CP1(=O)N[CH]([AlH2])CCO1. The van der Waals surface area contributed by atoms with Crippen LogP contribution in [0.5, 0.6) is 0 Å². The largest absolute Gasteiger partial charge is 0.318 e. The zero-order valence-electron chi connectivity index (χ0n) is 5.76. The molecular weight excluding hydrogens is 152 g/mol. The Morgan fingerprint density at radius 1 is 1.89 bits per heavy atom. The van der Waals surface area contributed by atoms with Crippen LogP contribution in [0.2, 0.25) is 0 Å². The summed E-state index contributed by atoms with van der Waals surface area (Å²) < 4.78 is 16.1. The summed E-state index contributed by atoms with van der Waals surface area (Å²) in [4.78, 5) is 0.481. The third kappa shape index (κ3) is 2.41. The first kappa shape index (κ1) is 7.79. The van der Waals surface area contributed by atoms with Gasteiger partial charge in [0.25, 0.3) is 7.52 Å². The van der Waals surface area contributed by atoms with E-state index in [2.05, 4.69) is 5.09 Å². The van der Waals surface area contributed by atoms with Gasteiger partial charge in [0.1, 0.15) is 0 Å². The predicted octanol–water partition coefficient (Wildman–Crippen LogP) is -0.222. The summed E-state index contributed by atoms with van der Waals surface area (Å²) in [5.74, 6) is 0. The van der Waals surface area contributed by atoms with E-state index in [1.165, 1.54) is 0 Å². The lowest BCUT2D eigenvalue weighted by atomic mass is 10.5. The lowest BCUT2D eigenvalue weighted by molar-refractivity contribution is 0.273. The molecule has 2 atom stereocenters. The Morgan fingerprint density at radius 2 is 2.56 bits per heavy atom. The second kappa shape index (κ2) is 2.74. The fourth-order valence-corrected chi connectivity index (χ4v) is 4.01. The van der Waals surface area contributed by atoms with E-state index >= 15 is 0 Å². The van der Waals surface area contributed by atoms with Crippen LogP contribution in [0.4, 0.5) is 0 Å². The molecule has 2 unspecified atom stereocenters. The average molecular weight is 163 g/mol. The van der Waals surface area contributed by atoms with Gasteiger partial charge in [-0.15, -0.1) is 0 Å². The van der Waals surface area contributed by atoms with Crippen LogP contribution in [-0.2, 0) is 9.09 Å². The van der Waals surface area contributed by atoms with Crippen molar-refractivity contribution < 1.29 is 9.09 Å². The van der Waals surface area contributed by atoms with Crippen molar-refractivity contribution in [1.29, 1.82) is 0 Å². The summed E-state index contributed by atoms with van der Waals surface area (Å²) in [5, 5.41) is 2.95. The number of hydrogen-bond donors (Lipinski definition) is 1. The van der Waals surface area contributed by atoms with E-state index in [9.17, 15) is 4.57 Å².